The van der Waals surface area contributed by atoms with Crippen molar-refractivity contribution in [2.24, 2.45) is 0 Å². The quantitative estimate of drug-likeness (QED) is 0.442. The Morgan fingerprint density at radius 1 is 0.943 bits per heavy atom. The SMILES string of the molecule is CCNC(=O)[C@@H](C)N(Cc1cccc(Cl)c1)C(=O)CN(c1ccccc1)S(=O)(=O)c1ccccc1. The highest BCUT2D eigenvalue weighted by Crippen LogP contribution is 2.24. The Hall–Kier alpha value is -3.36. The smallest absolute Gasteiger partial charge is 0.264 e. The molecule has 7 nitrogen and oxygen atoms in total. The number of nitrogens with one attached hydrogen (secondary N) is 1. The van der Waals surface area contributed by atoms with E-state index < -0.39 is 28.5 Å². The molecule has 1 N–H and O–H groups in total. The van der Waals surface area contributed by atoms with E-state index in [-0.39, 0.29) is 17.3 Å². The van der Waals surface area contributed by atoms with Crippen LogP contribution in [-0.4, -0.2) is 44.3 Å². The van der Waals surface area contributed by atoms with Gasteiger partial charge in [-0.3, -0.25) is 13.9 Å². The number of nitrogens with zero attached hydrogens (tertiary/aromatic N) is 2. The fraction of sp³-hybridized carbons (Fsp3) is 0.231. The van der Waals surface area contributed by atoms with Crippen molar-refractivity contribution >= 4 is 39.1 Å². The zero-order valence-electron chi connectivity index (χ0n) is 19.6. The van der Waals surface area contributed by atoms with E-state index in [0.717, 1.165) is 9.87 Å². The first kappa shape index (κ1) is 26.2. The van der Waals surface area contributed by atoms with E-state index in [1.807, 2.05) is 0 Å². The Labute approximate surface area is 211 Å². The van der Waals surface area contributed by atoms with Gasteiger partial charge in [-0.2, -0.15) is 0 Å². The van der Waals surface area contributed by atoms with Crippen LogP contribution in [0.1, 0.15) is 19.4 Å². The molecule has 35 heavy (non-hydrogen) atoms. The molecule has 0 aliphatic carbocycles. The molecule has 3 aromatic carbocycles. The van der Waals surface area contributed by atoms with E-state index in [1.54, 1.807) is 86.6 Å². The second kappa shape index (κ2) is 11.9. The number of sulfonamides is 1. The molecule has 0 bridgehead atoms. The van der Waals surface area contributed by atoms with Crippen LogP contribution in [0.4, 0.5) is 5.69 Å². The first-order valence-corrected chi connectivity index (χ1v) is 13.0. The maximum Gasteiger partial charge on any atom is 0.264 e. The molecule has 0 saturated heterocycles. The molecule has 1 atom stereocenters. The first-order valence-electron chi connectivity index (χ1n) is 11.2. The number of hydrogen-bond donors (Lipinski definition) is 1. The summed E-state index contributed by atoms with van der Waals surface area (Å²) in [6.45, 7) is 3.42. The predicted octanol–water partition coefficient (Wildman–Crippen LogP) is 4.09. The van der Waals surface area contributed by atoms with E-state index in [1.165, 1.54) is 17.0 Å². The average Bonchev–Trinajstić information content (AvgIpc) is 2.86. The summed E-state index contributed by atoms with van der Waals surface area (Å²) in [6, 6.07) is 22.5. The molecule has 3 rings (SSSR count). The number of amides is 2. The van der Waals surface area contributed by atoms with Crippen LogP contribution in [0.5, 0.6) is 0 Å². The largest absolute Gasteiger partial charge is 0.355 e. The van der Waals surface area contributed by atoms with Gasteiger partial charge in [0.05, 0.1) is 10.6 Å². The van der Waals surface area contributed by atoms with E-state index in [2.05, 4.69) is 5.32 Å². The summed E-state index contributed by atoms with van der Waals surface area (Å²) >= 11 is 6.12. The molecule has 0 unspecified atom stereocenters. The van der Waals surface area contributed by atoms with E-state index >= 15 is 0 Å². The van der Waals surface area contributed by atoms with Crippen LogP contribution in [0, 0.1) is 0 Å². The lowest BCUT2D eigenvalue weighted by atomic mass is 10.1. The van der Waals surface area contributed by atoms with Gasteiger partial charge in [0, 0.05) is 18.1 Å². The van der Waals surface area contributed by atoms with E-state index in [4.69, 9.17) is 11.6 Å². The highest BCUT2D eigenvalue weighted by atomic mass is 35.5. The third kappa shape index (κ3) is 6.61. The van der Waals surface area contributed by atoms with Crippen LogP contribution in [0.3, 0.4) is 0 Å². The molecule has 0 aliphatic rings. The van der Waals surface area contributed by atoms with Crippen LogP contribution in [0.25, 0.3) is 0 Å². The molecular formula is C26H28ClN3O4S. The lowest BCUT2D eigenvalue weighted by Crippen LogP contribution is -2.51. The third-order valence-corrected chi connectivity index (χ3v) is 7.44. The standard InChI is InChI=1S/C26H28ClN3O4S/c1-3-28-26(32)20(2)29(18-21-11-10-12-22(27)17-21)25(31)19-30(23-13-6-4-7-14-23)35(33,34)24-15-8-5-9-16-24/h4-17,20H,3,18-19H2,1-2H3,(H,28,32)/t20-/m1/s1. The first-order chi connectivity index (χ1) is 16.7. The van der Waals surface area contributed by atoms with Gasteiger partial charge < -0.3 is 10.2 Å². The zero-order chi connectivity index (χ0) is 25.4. The average molecular weight is 514 g/mol. The normalized spacial score (nSPS) is 12.0. The summed E-state index contributed by atoms with van der Waals surface area (Å²) in [4.78, 5) is 27.7. The minimum atomic E-state index is -4.05. The zero-order valence-corrected chi connectivity index (χ0v) is 21.2. The monoisotopic (exact) mass is 513 g/mol. The molecule has 0 aromatic heterocycles. The third-order valence-electron chi connectivity index (χ3n) is 5.41. The van der Waals surface area contributed by atoms with E-state index in [9.17, 15) is 18.0 Å². The summed E-state index contributed by atoms with van der Waals surface area (Å²) in [5.41, 5.74) is 1.07. The van der Waals surface area contributed by atoms with Crippen LogP contribution in [0.15, 0.2) is 89.8 Å². The number of anilines is 1. The number of benzene rings is 3. The summed E-state index contributed by atoms with van der Waals surface area (Å²) in [7, 11) is -4.05. The van der Waals surface area contributed by atoms with Gasteiger partial charge in [0.25, 0.3) is 10.0 Å². The second-order valence-corrected chi connectivity index (χ2v) is 10.2. The number of likely N-dealkylation sites (N-methyl/N-ethyl adjacent to an activating group) is 1. The Morgan fingerprint density at radius 2 is 1.57 bits per heavy atom. The van der Waals surface area contributed by atoms with Gasteiger partial charge in [0.15, 0.2) is 0 Å². The van der Waals surface area contributed by atoms with Gasteiger partial charge in [-0.05, 0) is 55.8 Å². The number of carbonyl (C=O) groups is 2. The lowest BCUT2D eigenvalue weighted by Gasteiger charge is -2.32. The molecule has 3 aromatic rings. The highest BCUT2D eigenvalue weighted by Gasteiger charge is 2.32. The van der Waals surface area contributed by atoms with Gasteiger partial charge in [0.1, 0.15) is 12.6 Å². The molecule has 0 aliphatic heterocycles. The van der Waals surface area contributed by atoms with Crippen LogP contribution >= 0.6 is 11.6 Å². The Morgan fingerprint density at radius 3 is 2.17 bits per heavy atom. The van der Waals surface area contributed by atoms with Crippen LogP contribution < -0.4 is 9.62 Å². The molecule has 0 spiro atoms. The molecule has 0 radical (unpaired) electrons. The van der Waals surface area contributed by atoms with Crippen molar-refractivity contribution in [2.75, 3.05) is 17.4 Å². The highest BCUT2D eigenvalue weighted by molar-refractivity contribution is 7.92. The molecule has 9 heteroatoms. The minimum Gasteiger partial charge on any atom is -0.355 e. The van der Waals surface area contributed by atoms with E-state index in [0.29, 0.717) is 17.3 Å². The van der Waals surface area contributed by atoms with Gasteiger partial charge in [0.2, 0.25) is 11.8 Å². The van der Waals surface area contributed by atoms with Gasteiger partial charge in [-0.1, -0.05) is 60.1 Å². The van der Waals surface area contributed by atoms with Crippen molar-refractivity contribution in [3.05, 3.63) is 95.5 Å². The molecule has 0 heterocycles. The number of rotatable bonds is 10. The van der Waals surface area contributed by atoms with Crippen LogP contribution in [-0.2, 0) is 26.2 Å². The van der Waals surface area contributed by atoms with Crippen molar-refractivity contribution < 1.29 is 18.0 Å². The predicted molar refractivity (Wildman–Crippen MR) is 138 cm³/mol. The number of para-hydroxylation sites is 1. The topological polar surface area (TPSA) is 86.8 Å². The Balaban J connectivity index is 1.99. The van der Waals surface area contributed by atoms with Crippen molar-refractivity contribution in [1.29, 1.82) is 0 Å². The Kier molecular flexibility index (Phi) is 8.89. The van der Waals surface area contributed by atoms with Crippen molar-refractivity contribution in [2.45, 2.75) is 31.3 Å². The molecule has 0 saturated carbocycles. The minimum absolute atomic E-state index is 0.0646. The lowest BCUT2D eigenvalue weighted by molar-refractivity contribution is -0.139. The maximum atomic E-state index is 13.7. The number of carbonyl (C=O) groups excluding carboxylic acids is 2. The summed E-state index contributed by atoms with van der Waals surface area (Å²) in [6.07, 6.45) is 0. The second-order valence-electron chi connectivity index (χ2n) is 7.88. The van der Waals surface area contributed by atoms with Crippen molar-refractivity contribution in [3.8, 4) is 0 Å². The molecule has 184 valence electrons. The molecular weight excluding hydrogens is 486 g/mol. The van der Waals surface area contributed by atoms with Gasteiger partial charge >= 0.3 is 0 Å². The van der Waals surface area contributed by atoms with Gasteiger partial charge in [-0.25, -0.2) is 8.42 Å². The molecule has 2 amide bonds. The van der Waals surface area contributed by atoms with Gasteiger partial charge in [-0.15, -0.1) is 0 Å². The summed E-state index contributed by atoms with van der Waals surface area (Å²) in [5.74, 6) is -0.854. The fourth-order valence-corrected chi connectivity index (χ4v) is 5.23. The van der Waals surface area contributed by atoms with Crippen LogP contribution in [0.2, 0.25) is 5.02 Å². The summed E-state index contributed by atoms with van der Waals surface area (Å²) < 4.78 is 28.2. The van der Waals surface area contributed by atoms with Crippen molar-refractivity contribution in [1.82, 2.24) is 10.2 Å². The molecule has 0 fully saturated rings. The number of halogens is 1. The Bertz CT molecular complexity index is 1250. The van der Waals surface area contributed by atoms with Crippen molar-refractivity contribution in [3.63, 3.8) is 0 Å². The maximum absolute atomic E-state index is 13.7. The number of hydrogen-bond acceptors (Lipinski definition) is 4. The summed E-state index contributed by atoms with van der Waals surface area (Å²) in [5, 5.41) is 3.23. The fourth-order valence-electron chi connectivity index (χ4n) is 3.58.